The molecule has 0 aliphatic carbocycles. The summed E-state index contributed by atoms with van der Waals surface area (Å²) < 4.78 is 24.5. The van der Waals surface area contributed by atoms with E-state index in [2.05, 4.69) is 36.9 Å². The average molecular weight is 951 g/mol. The first-order valence-corrected chi connectivity index (χ1v) is 24.4. The molecule has 4 heterocycles. The lowest BCUT2D eigenvalue weighted by Gasteiger charge is -2.26. The molecule has 1 saturated heterocycles. The Hall–Kier alpha value is -5.71. The molecule has 3 N–H and O–H groups in total. The van der Waals surface area contributed by atoms with Crippen LogP contribution in [0.1, 0.15) is 81.2 Å². The van der Waals surface area contributed by atoms with Gasteiger partial charge in [0, 0.05) is 75.5 Å². The van der Waals surface area contributed by atoms with Gasteiger partial charge in [-0.15, -0.1) is 0 Å². The Bertz CT molecular complexity index is 2320. The summed E-state index contributed by atoms with van der Waals surface area (Å²) >= 11 is 1.79. The van der Waals surface area contributed by atoms with Gasteiger partial charge in [-0.05, 0) is 66.6 Å². The molecule has 68 heavy (non-hydrogen) atoms. The van der Waals surface area contributed by atoms with Crippen LogP contribution in [0.3, 0.4) is 0 Å². The lowest BCUT2D eigenvalue weighted by Crippen LogP contribution is -2.35. The van der Waals surface area contributed by atoms with E-state index >= 15 is 0 Å². The first-order valence-electron chi connectivity index (χ1n) is 23.2. The van der Waals surface area contributed by atoms with Crippen LogP contribution >= 0.6 is 11.8 Å². The van der Waals surface area contributed by atoms with Gasteiger partial charge in [-0.3, -0.25) is 19.4 Å². The SMILES string of the molecule is O=C(CCC(=O)N1Cc2ccccc2C#Cc2ccccc21)NCCCCCSC[C@@H]1COCCN(Cc2cccc(C(=O)O)n2)CCOCCOCCN(Cc2cccc(C(=O)O)n2)CCO1. The van der Waals surface area contributed by atoms with E-state index in [1.807, 2.05) is 60.7 Å². The smallest absolute Gasteiger partial charge is 0.354 e. The third-order valence-electron chi connectivity index (χ3n) is 11.2. The molecule has 362 valence electrons. The van der Waals surface area contributed by atoms with Crippen LogP contribution in [-0.2, 0) is 48.2 Å². The maximum Gasteiger partial charge on any atom is 0.354 e. The molecular weight excluding hydrogens is 889 g/mol. The van der Waals surface area contributed by atoms with E-state index < -0.39 is 11.9 Å². The van der Waals surface area contributed by atoms with Gasteiger partial charge in [0.05, 0.1) is 76.0 Å². The van der Waals surface area contributed by atoms with Crippen molar-refractivity contribution in [1.29, 1.82) is 0 Å². The lowest BCUT2D eigenvalue weighted by molar-refractivity contribution is -0.125. The van der Waals surface area contributed by atoms with Gasteiger partial charge < -0.3 is 39.4 Å². The molecule has 2 amide bonds. The van der Waals surface area contributed by atoms with E-state index in [0.717, 1.165) is 47.4 Å². The third-order valence-corrected chi connectivity index (χ3v) is 12.4. The number of hydrogen-bond acceptors (Lipinski definition) is 13. The van der Waals surface area contributed by atoms with Crippen LogP contribution in [0.4, 0.5) is 5.69 Å². The number of ether oxygens (including phenoxy) is 4. The first-order chi connectivity index (χ1) is 33.2. The van der Waals surface area contributed by atoms with Gasteiger partial charge in [0.1, 0.15) is 11.4 Å². The number of nitrogens with one attached hydrogen (secondary N) is 1. The van der Waals surface area contributed by atoms with E-state index in [4.69, 9.17) is 18.9 Å². The second kappa shape index (κ2) is 28.6. The number of para-hydroxylation sites is 1. The fourth-order valence-electron chi connectivity index (χ4n) is 7.58. The molecule has 16 nitrogen and oxygen atoms in total. The second-order valence-corrected chi connectivity index (χ2v) is 17.5. The second-order valence-electron chi connectivity index (χ2n) is 16.4. The van der Waals surface area contributed by atoms with Crippen LogP contribution in [0, 0.1) is 11.8 Å². The van der Waals surface area contributed by atoms with E-state index in [-0.39, 0.29) is 42.1 Å². The highest BCUT2D eigenvalue weighted by Crippen LogP contribution is 2.26. The number of aromatic carboxylic acids is 2. The Kier molecular flexibility index (Phi) is 21.7. The minimum atomic E-state index is -1.08. The maximum atomic E-state index is 13.5. The molecule has 1 atom stereocenters. The van der Waals surface area contributed by atoms with Crippen molar-refractivity contribution in [2.24, 2.45) is 0 Å². The predicted octanol–water partition coefficient (Wildman–Crippen LogP) is 5.37. The number of carbonyl (C=O) groups is 4. The molecule has 0 spiro atoms. The minimum absolute atomic E-state index is 0.00353. The summed E-state index contributed by atoms with van der Waals surface area (Å²) in [5.74, 6) is 5.64. The summed E-state index contributed by atoms with van der Waals surface area (Å²) in [5, 5.41) is 21.9. The van der Waals surface area contributed by atoms with Gasteiger partial charge in [-0.2, -0.15) is 11.8 Å². The standard InChI is InChI=1S/C51H62N6O10S/c58-48(20-21-49(59)57-34-41-12-3-2-10-39(41)18-19-40-11-4-5-17-47(40)57)52-22-6-1-7-33-68-38-44-37-66-29-25-55(35-42-13-8-15-45(53-42)50(60)61)23-27-64-31-32-65-28-24-56(26-30-67-44)36-43-14-9-16-46(54-43)51(62)63/h2-5,8-17,44H,1,6-7,20-38H2,(H,52,58)(H,60,61)(H,62,63)/t44-/m0/s1. The van der Waals surface area contributed by atoms with E-state index in [0.29, 0.717) is 116 Å². The molecule has 6 rings (SSSR count). The van der Waals surface area contributed by atoms with Crippen molar-refractivity contribution in [2.75, 3.05) is 95.4 Å². The zero-order chi connectivity index (χ0) is 47.8. The number of carboxylic acids is 2. The lowest BCUT2D eigenvalue weighted by atomic mass is 10.0. The number of benzene rings is 2. The summed E-state index contributed by atoms with van der Waals surface area (Å²) in [7, 11) is 0. The van der Waals surface area contributed by atoms with E-state index in [1.54, 1.807) is 28.8 Å². The number of thioether (sulfide) groups is 1. The molecule has 17 heteroatoms. The Morgan fingerprint density at radius 1 is 0.662 bits per heavy atom. The zero-order valence-electron chi connectivity index (χ0n) is 38.5. The van der Waals surface area contributed by atoms with Crippen LogP contribution in [-0.4, -0.2) is 150 Å². The van der Waals surface area contributed by atoms with Gasteiger partial charge in [0.25, 0.3) is 0 Å². The van der Waals surface area contributed by atoms with E-state index in [9.17, 15) is 29.4 Å². The molecule has 0 unspecified atom stereocenters. The molecular formula is C51H62N6O10S. The summed E-state index contributed by atoms with van der Waals surface area (Å²) in [5.41, 5.74) is 4.67. The van der Waals surface area contributed by atoms with Crippen molar-refractivity contribution in [3.63, 3.8) is 0 Å². The quantitative estimate of drug-likeness (QED) is 0.0903. The van der Waals surface area contributed by atoms with Crippen molar-refractivity contribution in [3.05, 3.63) is 124 Å². The largest absolute Gasteiger partial charge is 0.477 e. The maximum absolute atomic E-state index is 13.5. The van der Waals surface area contributed by atoms with Gasteiger partial charge >= 0.3 is 11.9 Å². The van der Waals surface area contributed by atoms with Crippen LogP contribution in [0.25, 0.3) is 0 Å². The molecule has 0 radical (unpaired) electrons. The normalized spacial score (nSPS) is 16.9. The van der Waals surface area contributed by atoms with Gasteiger partial charge in [0.15, 0.2) is 0 Å². The highest BCUT2D eigenvalue weighted by molar-refractivity contribution is 7.99. The summed E-state index contributed by atoms with van der Waals surface area (Å²) in [6, 6.07) is 25.4. The number of hydrogen-bond donors (Lipinski definition) is 3. The number of fused-ring (bicyclic) bond motifs is 2. The molecule has 2 aliphatic rings. The molecule has 2 aromatic heterocycles. The number of nitrogens with zero attached hydrogens (tertiary/aromatic N) is 5. The van der Waals surface area contributed by atoms with Gasteiger partial charge in [-0.25, -0.2) is 19.6 Å². The number of carbonyl (C=O) groups excluding carboxylic acids is 2. The van der Waals surface area contributed by atoms with Crippen molar-refractivity contribution in [1.82, 2.24) is 25.1 Å². The number of rotatable bonds is 17. The Morgan fingerprint density at radius 2 is 1.26 bits per heavy atom. The van der Waals surface area contributed by atoms with Crippen molar-refractivity contribution >= 4 is 41.2 Å². The number of pyridine rings is 2. The van der Waals surface area contributed by atoms with Crippen LogP contribution in [0.15, 0.2) is 84.9 Å². The first kappa shape index (κ1) is 51.7. The van der Waals surface area contributed by atoms with Crippen LogP contribution < -0.4 is 10.2 Å². The van der Waals surface area contributed by atoms with Crippen LogP contribution in [0.5, 0.6) is 0 Å². The molecule has 2 aromatic carbocycles. The summed E-state index contributed by atoms with van der Waals surface area (Å²) in [6.07, 6.45) is 2.70. The van der Waals surface area contributed by atoms with Crippen molar-refractivity contribution < 1.29 is 48.3 Å². The number of unbranched alkanes of at least 4 members (excludes halogenated alkanes) is 2. The van der Waals surface area contributed by atoms with Crippen molar-refractivity contribution in [3.8, 4) is 11.8 Å². The van der Waals surface area contributed by atoms with Crippen molar-refractivity contribution in [2.45, 2.75) is 57.8 Å². The fraction of sp³-hybridized carbons (Fsp3) is 0.451. The fourth-order valence-corrected chi connectivity index (χ4v) is 8.61. The molecule has 2 aliphatic heterocycles. The summed E-state index contributed by atoms with van der Waals surface area (Å²) in [4.78, 5) is 64.1. The minimum Gasteiger partial charge on any atom is -0.477 e. The van der Waals surface area contributed by atoms with E-state index in [1.165, 1.54) is 12.1 Å². The average Bonchev–Trinajstić information content (AvgIpc) is 3.33. The monoisotopic (exact) mass is 950 g/mol. The molecule has 0 saturated carbocycles. The van der Waals surface area contributed by atoms with Gasteiger partial charge in [-0.1, -0.05) is 60.7 Å². The Balaban J connectivity index is 0.949. The zero-order valence-corrected chi connectivity index (χ0v) is 39.3. The van der Waals surface area contributed by atoms with Crippen LogP contribution in [0.2, 0.25) is 0 Å². The topological polar surface area (TPSA) is 193 Å². The molecule has 4 aromatic rings. The Labute approximate surface area is 402 Å². The predicted molar refractivity (Wildman–Crippen MR) is 259 cm³/mol. The molecule has 0 bridgehead atoms. The molecule has 1 fully saturated rings. The number of carboxylic acid groups (broad SMARTS) is 2. The highest BCUT2D eigenvalue weighted by atomic mass is 32.2. The summed E-state index contributed by atoms with van der Waals surface area (Å²) in [6.45, 7) is 6.96. The third kappa shape index (κ3) is 17.7. The number of anilines is 1. The number of amides is 2. The number of aromatic nitrogens is 2. The highest BCUT2D eigenvalue weighted by Gasteiger charge is 2.22. The Morgan fingerprint density at radius 3 is 1.94 bits per heavy atom. The van der Waals surface area contributed by atoms with Gasteiger partial charge in [0.2, 0.25) is 11.8 Å².